The van der Waals surface area contributed by atoms with E-state index in [1.54, 1.807) is 6.92 Å². The van der Waals surface area contributed by atoms with Crippen molar-refractivity contribution in [2.24, 2.45) is 0 Å². The molecule has 2 aromatic rings. The molecule has 0 amide bonds. The summed E-state index contributed by atoms with van der Waals surface area (Å²) in [6, 6.07) is 6.91. The molecule has 0 spiro atoms. The first-order chi connectivity index (χ1) is 10.8. The molecule has 7 nitrogen and oxygen atoms in total. The van der Waals surface area contributed by atoms with Gasteiger partial charge in [0.25, 0.3) is 10.0 Å². The lowest BCUT2D eigenvalue weighted by Gasteiger charge is -2.24. The van der Waals surface area contributed by atoms with Gasteiger partial charge in [-0.2, -0.15) is 0 Å². The second-order valence-corrected chi connectivity index (χ2v) is 6.76. The fraction of sp³-hybridized carbons (Fsp3) is 0.200. The van der Waals surface area contributed by atoms with Crippen LogP contribution in [0.4, 0.5) is 5.69 Å². The van der Waals surface area contributed by atoms with E-state index in [4.69, 9.17) is 0 Å². The molecule has 0 aliphatic carbocycles. The number of aromatic hydroxyl groups is 4. The number of anilines is 1. The lowest BCUT2D eigenvalue weighted by Crippen LogP contribution is -2.31. The van der Waals surface area contributed by atoms with Crippen LogP contribution < -0.4 is 4.31 Å². The minimum absolute atomic E-state index is 0.133. The van der Waals surface area contributed by atoms with E-state index in [-0.39, 0.29) is 22.9 Å². The van der Waals surface area contributed by atoms with Crippen LogP contribution in [0.1, 0.15) is 13.3 Å². The van der Waals surface area contributed by atoms with Gasteiger partial charge in [0.05, 0.1) is 10.6 Å². The number of sulfonamides is 1. The van der Waals surface area contributed by atoms with Crippen molar-refractivity contribution in [1.82, 2.24) is 0 Å². The van der Waals surface area contributed by atoms with E-state index in [1.165, 1.54) is 18.2 Å². The van der Waals surface area contributed by atoms with Crippen LogP contribution in [0.5, 0.6) is 23.0 Å². The molecule has 2 aromatic carbocycles. The summed E-state index contributed by atoms with van der Waals surface area (Å²) >= 11 is 0. The van der Waals surface area contributed by atoms with Gasteiger partial charge in [-0.1, -0.05) is 6.92 Å². The zero-order valence-corrected chi connectivity index (χ0v) is 13.2. The Morgan fingerprint density at radius 2 is 1.43 bits per heavy atom. The Morgan fingerprint density at radius 3 is 1.96 bits per heavy atom. The van der Waals surface area contributed by atoms with Crippen molar-refractivity contribution in [2.45, 2.75) is 18.2 Å². The van der Waals surface area contributed by atoms with Gasteiger partial charge in [0, 0.05) is 18.7 Å². The highest BCUT2D eigenvalue weighted by Gasteiger charge is 2.26. The van der Waals surface area contributed by atoms with E-state index in [2.05, 4.69) is 0 Å². The molecule has 0 atom stereocenters. The first-order valence-electron chi connectivity index (χ1n) is 6.84. The Kier molecular flexibility index (Phi) is 4.55. The number of nitrogens with zero attached hydrogens (tertiary/aromatic N) is 1. The summed E-state index contributed by atoms with van der Waals surface area (Å²) in [7, 11) is -4.02. The Morgan fingerprint density at radius 1 is 0.870 bits per heavy atom. The fourth-order valence-corrected chi connectivity index (χ4v) is 3.62. The average molecular weight is 339 g/mol. The van der Waals surface area contributed by atoms with E-state index < -0.39 is 27.3 Å². The number of benzene rings is 2. The van der Waals surface area contributed by atoms with Crippen LogP contribution in [-0.2, 0) is 10.0 Å². The van der Waals surface area contributed by atoms with Crippen molar-refractivity contribution in [3.05, 3.63) is 36.4 Å². The Balaban J connectivity index is 2.54. The molecule has 4 N–H and O–H groups in total. The molecule has 0 aliphatic rings. The minimum atomic E-state index is -4.02. The topological polar surface area (TPSA) is 118 Å². The summed E-state index contributed by atoms with van der Waals surface area (Å²) in [6.07, 6.45) is 0.505. The van der Waals surface area contributed by atoms with Crippen LogP contribution in [-0.4, -0.2) is 35.4 Å². The Labute approximate surface area is 133 Å². The molecule has 0 saturated carbocycles. The van der Waals surface area contributed by atoms with Gasteiger partial charge >= 0.3 is 0 Å². The number of phenolic OH excluding ortho intramolecular Hbond substituents is 4. The first kappa shape index (κ1) is 16.8. The van der Waals surface area contributed by atoms with Crippen molar-refractivity contribution >= 4 is 15.7 Å². The smallest absolute Gasteiger partial charge is 0.264 e. The summed E-state index contributed by atoms with van der Waals surface area (Å²) in [4.78, 5) is -0.200. The molecule has 0 fully saturated rings. The van der Waals surface area contributed by atoms with Crippen LogP contribution in [0.25, 0.3) is 0 Å². The summed E-state index contributed by atoms with van der Waals surface area (Å²) < 4.78 is 26.6. The zero-order valence-electron chi connectivity index (χ0n) is 12.3. The molecule has 0 unspecified atom stereocenters. The van der Waals surface area contributed by atoms with Crippen molar-refractivity contribution < 1.29 is 28.8 Å². The third-order valence-corrected chi connectivity index (χ3v) is 5.03. The number of rotatable bonds is 5. The highest BCUT2D eigenvalue weighted by Crippen LogP contribution is 2.34. The highest BCUT2D eigenvalue weighted by molar-refractivity contribution is 7.92. The summed E-state index contributed by atoms with van der Waals surface area (Å²) in [6.45, 7) is 1.92. The average Bonchev–Trinajstić information content (AvgIpc) is 2.50. The maximum atomic E-state index is 12.8. The number of hydrogen-bond donors (Lipinski definition) is 4. The highest BCUT2D eigenvalue weighted by atomic mass is 32.2. The molecule has 124 valence electrons. The maximum absolute atomic E-state index is 12.8. The van der Waals surface area contributed by atoms with Gasteiger partial charge in [-0.25, -0.2) is 8.42 Å². The van der Waals surface area contributed by atoms with Gasteiger partial charge < -0.3 is 20.4 Å². The molecule has 0 radical (unpaired) electrons. The monoisotopic (exact) mass is 339 g/mol. The molecule has 0 aliphatic heterocycles. The second kappa shape index (κ2) is 6.25. The molecule has 8 heteroatoms. The zero-order chi connectivity index (χ0) is 17.2. The van der Waals surface area contributed by atoms with Crippen molar-refractivity contribution in [1.29, 1.82) is 0 Å². The van der Waals surface area contributed by atoms with Crippen LogP contribution in [0.3, 0.4) is 0 Å². The molecular formula is C15H17NO6S. The van der Waals surface area contributed by atoms with E-state index in [0.717, 1.165) is 22.5 Å². The molecule has 23 heavy (non-hydrogen) atoms. The van der Waals surface area contributed by atoms with Crippen LogP contribution in [0.2, 0.25) is 0 Å². The van der Waals surface area contributed by atoms with Crippen molar-refractivity contribution in [2.75, 3.05) is 10.8 Å². The quantitative estimate of drug-likeness (QED) is 0.620. The van der Waals surface area contributed by atoms with Gasteiger partial charge in [-0.15, -0.1) is 0 Å². The van der Waals surface area contributed by atoms with E-state index >= 15 is 0 Å². The van der Waals surface area contributed by atoms with Crippen LogP contribution in [0, 0.1) is 0 Å². The third-order valence-electron chi connectivity index (χ3n) is 3.21. The lowest BCUT2D eigenvalue weighted by molar-refractivity contribution is 0.402. The number of phenols is 4. The molecule has 2 rings (SSSR count). The van der Waals surface area contributed by atoms with Crippen molar-refractivity contribution in [3.8, 4) is 23.0 Å². The molecular weight excluding hydrogens is 322 g/mol. The third kappa shape index (κ3) is 3.26. The second-order valence-electron chi connectivity index (χ2n) is 4.90. The lowest BCUT2D eigenvalue weighted by atomic mass is 10.2. The van der Waals surface area contributed by atoms with E-state index in [9.17, 15) is 28.8 Å². The molecule has 0 bridgehead atoms. The fourth-order valence-electron chi connectivity index (χ4n) is 2.05. The van der Waals surface area contributed by atoms with Crippen LogP contribution in [0.15, 0.2) is 41.3 Å². The predicted octanol–water partition coefficient (Wildman–Crippen LogP) is 2.11. The van der Waals surface area contributed by atoms with E-state index in [0.29, 0.717) is 6.42 Å². The number of hydrogen-bond acceptors (Lipinski definition) is 6. The van der Waals surface area contributed by atoms with Gasteiger partial charge in [0.15, 0.2) is 23.0 Å². The SMILES string of the molecule is CCCN(c1ccc(O)c(O)c1)S(=O)(=O)c1ccc(O)c(O)c1. The predicted molar refractivity (Wildman–Crippen MR) is 84.4 cm³/mol. The minimum Gasteiger partial charge on any atom is -0.504 e. The summed E-state index contributed by atoms with van der Waals surface area (Å²) in [5.74, 6) is -1.76. The molecule has 0 saturated heterocycles. The largest absolute Gasteiger partial charge is 0.504 e. The Bertz CT molecular complexity index is 819. The standard InChI is InChI=1S/C15H17NO6S/c1-2-7-16(10-3-5-12(17)14(19)8-10)23(21,22)11-4-6-13(18)15(20)9-11/h3-6,8-9,17-20H,2,7H2,1H3. The van der Waals surface area contributed by atoms with E-state index in [1.807, 2.05) is 0 Å². The summed E-state index contributed by atoms with van der Waals surface area (Å²) in [5.41, 5.74) is 0.176. The van der Waals surface area contributed by atoms with Crippen molar-refractivity contribution in [3.63, 3.8) is 0 Å². The van der Waals surface area contributed by atoms with Gasteiger partial charge in [0.1, 0.15) is 0 Å². The van der Waals surface area contributed by atoms with Crippen LogP contribution >= 0.6 is 0 Å². The maximum Gasteiger partial charge on any atom is 0.264 e. The molecule has 0 aromatic heterocycles. The normalized spacial score (nSPS) is 11.3. The first-order valence-corrected chi connectivity index (χ1v) is 8.28. The Hall–Kier alpha value is -2.61. The summed E-state index contributed by atoms with van der Waals surface area (Å²) in [5, 5.41) is 37.8. The van der Waals surface area contributed by atoms with Gasteiger partial charge in [-0.3, -0.25) is 4.31 Å². The molecule has 0 heterocycles. The van der Waals surface area contributed by atoms with Gasteiger partial charge in [-0.05, 0) is 30.7 Å². The van der Waals surface area contributed by atoms with Gasteiger partial charge in [0.2, 0.25) is 0 Å².